The number of carbonyl (C=O) groups excluding carboxylic acids is 1. The molecule has 0 spiro atoms. The molecule has 23 heavy (non-hydrogen) atoms. The van der Waals surface area contributed by atoms with Crippen LogP contribution in [0.1, 0.15) is 12.8 Å². The number of benzene rings is 1. The summed E-state index contributed by atoms with van der Waals surface area (Å²) in [6.07, 6.45) is 2.05. The van der Waals surface area contributed by atoms with Crippen LogP contribution in [0.4, 0.5) is 4.79 Å². The van der Waals surface area contributed by atoms with Crippen molar-refractivity contribution < 1.29 is 9.00 Å². The summed E-state index contributed by atoms with van der Waals surface area (Å²) in [5.41, 5.74) is 0. The average molecular weight is 335 g/mol. The van der Waals surface area contributed by atoms with Gasteiger partial charge in [0.15, 0.2) is 0 Å². The quantitative estimate of drug-likeness (QED) is 0.821. The van der Waals surface area contributed by atoms with Crippen LogP contribution in [0.25, 0.3) is 0 Å². The van der Waals surface area contributed by atoms with Gasteiger partial charge in [-0.15, -0.1) is 0 Å². The van der Waals surface area contributed by atoms with E-state index < -0.39 is 10.8 Å². The molecule has 1 aromatic carbocycles. The summed E-state index contributed by atoms with van der Waals surface area (Å²) < 4.78 is 12.3. The number of carbonyl (C=O) groups is 1. The molecule has 0 saturated carbocycles. The lowest BCUT2D eigenvalue weighted by atomic mass is 10.0. The maximum atomic E-state index is 12.3. The van der Waals surface area contributed by atoms with Crippen molar-refractivity contribution in [2.75, 3.05) is 45.5 Å². The number of hydrogen-bond acceptors (Lipinski definition) is 3. The second-order valence-electron chi connectivity index (χ2n) is 6.33. The molecule has 1 unspecified atom stereocenters. The molecular weight excluding hydrogens is 310 g/mol. The smallest absolute Gasteiger partial charge is 0.320 e. The van der Waals surface area contributed by atoms with E-state index in [0.717, 1.165) is 50.5 Å². The second-order valence-corrected chi connectivity index (χ2v) is 7.90. The first-order chi connectivity index (χ1) is 11.1. The van der Waals surface area contributed by atoms with E-state index in [1.807, 2.05) is 42.3 Å². The van der Waals surface area contributed by atoms with E-state index in [-0.39, 0.29) is 6.03 Å². The van der Waals surface area contributed by atoms with Crippen molar-refractivity contribution in [3.63, 3.8) is 0 Å². The third kappa shape index (κ3) is 3.93. The van der Waals surface area contributed by atoms with Crippen molar-refractivity contribution in [1.82, 2.24) is 14.7 Å². The van der Waals surface area contributed by atoms with Gasteiger partial charge in [0, 0.05) is 56.5 Å². The van der Waals surface area contributed by atoms with Crippen LogP contribution in [-0.2, 0) is 10.8 Å². The van der Waals surface area contributed by atoms with Gasteiger partial charge in [-0.05, 0) is 25.0 Å². The molecule has 2 aliphatic heterocycles. The molecule has 2 aliphatic rings. The minimum Gasteiger partial charge on any atom is -0.326 e. The predicted molar refractivity (Wildman–Crippen MR) is 91.9 cm³/mol. The largest absolute Gasteiger partial charge is 0.326 e. The maximum Gasteiger partial charge on any atom is 0.320 e. The number of rotatable bonds is 5. The number of nitrogens with zero attached hydrogens (tertiary/aromatic N) is 3. The molecule has 1 atom stereocenters. The molecule has 2 fully saturated rings. The predicted octanol–water partition coefficient (Wildman–Crippen LogP) is 1.63. The normalized spacial score (nSPS) is 21.9. The Balaban J connectivity index is 1.43. The summed E-state index contributed by atoms with van der Waals surface area (Å²) in [6, 6.07) is 10.2. The van der Waals surface area contributed by atoms with Crippen LogP contribution < -0.4 is 0 Å². The summed E-state index contributed by atoms with van der Waals surface area (Å²) in [5, 5.41) is 0. The van der Waals surface area contributed by atoms with Crippen molar-refractivity contribution in [1.29, 1.82) is 0 Å². The number of likely N-dealkylation sites (tertiary alicyclic amines) is 1. The van der Waals surface area contributed by atoms with Crippen molar-refractivity contribution in [3.8, 4) is 0 Å². The van der Waals surface area contributed by atoms with Gasteiger partial charge in [-0.2, -0.15) is 0 Å². The van der Waals surface area contributed by atoms with Gasteiger partial charge in [0.2, 0.25) is 0 Å². The van der Waals surface area contributed by atoms with Gasteiger partial charge in [0.1, 0.15) is 0 Å². The monoisotopic (exact) mass is 335 g/mol. The first-order valence-corrected chi connectivity index (χ1v) is 9.64. The third-order valence-electron chi connectivity index (χ3n) is 4.85. The van der Waals surface area contributed by atoms with E-state index in [1.54, 1.807) is 4.90 Å². The minimum atomic E-state index is -0.919. The lowest BCUT2D eigenvalue weighted by molar-refractivity contribution is 0.135. The highest BCUT2D eigenvalue weighted by Gasteiger charge is 2.33. The SMILES string of the molecule is CN1CCN(C2CCN(CCS(=O)c3ccccc3)CC2)C1=O. The Kier molecular flexibility index (Phi) is 5.33. The number of piperidine rings is 1. The molecular formula is C17H25N3O2S. The Morgan fingerprint density at radius 3 is 2.39 bits per heavy atom. The van der Waals surface area contributed by atoms with E-state index in [2.05, 4.69) is 4.90 Å². The molecule has 0 aromatic heterocycles. The van der Waals surface area contributed by atoms with E-state index >= 15 is 0 Å². The summed E-state index contributed by atoms with van der Waals surface area (Å²) in [6.45, 7) is 4.55. The maximum absolute atomic E-state index is 12.3. The van der Waals surface area contributed by atoms with Gasteiger partial charge in [0.05, 0.1) is 10.8 Å². The second kappa shape index (κ2) is 7.45. The van der Waals surface area contributed by atoms with Crippen LogP contribution >= 0.6 is 0 Å². The lowest BCUT2D eigenvalue weighted by Crippen LogP contribution is -2.46. The van der Waals surface area contributed by atoms with E-state index in [9.17, 15) is 9.00 Å². The molecule has 1 aromatic rings. The van der Waals surface area contributed by atoms with Crippen molar-refractivity contribution in [2.45, 2.75) is 23.8 Å². The fraction of sp³-hybridized carbons (Fsp3) is 0.588. The van der Waals surface area contributed by atoms with Gasteiger partial charge >= 0.3 is 6.03 Å². The molecule has 126 valence electrons. The van der Waals surface area contributed by atoms with Gasteiger partial charge in [-0.1, -0.05) is 18.2 Å². The van der Waals surface area contributed by atoms with Gasteiger partial charge < -0.3 is 14.7 Å². The summed E-state index contributed by atoms with van der Waals surface area (Å²) in [5.74, 6) is 0.681. The first kappa shape index (κ1) is 16.5. The van der Waals surface area contributed by atoms with Crippen LogP contribution in [-0.4, -0.2) is 76.5 Å². The molecule has 2 amide bonds. The fourth-order valence-electron chi connectivity index (χ4n) is 3.36. The molecule has 0 radical (unpaired) electrons. The fourth-order valence-corrected chi connectivity index (χ4v) is 4.48. The zero-order valence-electron chi connectivity index (χ0n) is 13.7. The highest BCUT2D eigenvalue weighted by Crippen LogP contribution is 2.20. The Hall–Kier alpha value is -1.40. The average Bonchev–Trinajstić information content (AvgIpc) is 2.93. The van der Waals surface area contributed by atoms with E-state index in [4.69, 9.17) is 0 Å². The Labute approximate surface area is 140 Å². The highest BCUT2D eigenvalue weighted by atomic mass is 32.2. The number of amides is 2. The number of likely N-dealkylation sites (N-methyl/N-ethyl adjacent to an activating group) is 1. The van der Waals surface area contributed by atoms with E-state index in [1.165, 1.54) is 0 Å². The molecule has 0 aliphatic carbocycles. The van der Waals surface area contributed by atoms with Crippen LogP contribution in [0.3, 0.4) is 0 Å². The molecule has 3 rings (SSSR count). The number of hydrogen-bond donors (Lipinski definition) is 0. The van der Waals surface area contributed by atoms with Crippen molar-refractivity contribution in [2.24, 2.45) is 0 Å². The van der Waals surface area contributed by atoms with Crippen LogP contribution in [0.2, 0.25) is 0 Å². The highest BCUT2D eigenvalue weighted by molar-refractivity contribution is 7.85. The third-order valence-corrected chi connectivity index (χ3v) is 6.20. The Morgan fingerprint density at radius 1 is 1.09 bits per heavy atom. The Bertz CT molecular complexity index is 558. The topological polar surface area (TPSA) is 43.9 Å². The van der Waals surface area contributed by atoms with Crippen molar-refractivity contribution >= 4 is 16.8 Å². The molecule has 2 heterocycles. The number of urea groups is 1. The van der Waals surface area contributed by atoms with E-state index in [0.29, 0.717) is 11.8 Å². The van der Waals surface area contributed by atoms with Gasteiger partial charge in [-0.25, -0.2) is 4.79 Å². The summed E-state index contributed by atoms with van der Waals surface area (Å²) in [4.78, 5) is 19.2. The standard InChI is InChI=1S/C17H25N3O2S/c1-18-11-12-20(17(18)21)15-7-9-19(10-8-15)13-14-23(22)16-5-3-2-4-6-16/h2-6,15H,7-14H2,1H3. The molecule has 0 bridgehead atoms. The summed E-state index contributed by atoms with van der Waals surface area (Å²) >= 11 is 0. The zero-order valence-corrected chi connectivity index (χ0v) is 14.5. The molecule has 5 nitrogen and oxygen atoms in total. The molecule has 0 N–H and O–H groups in total. The Morgan fingerprint density at radius 2 is 1.78 bits per heavy atom. The minimum absolute atomic E-state index is 0.175. The lowest BCUT2D eigenvalue weighted by Gasteiger charge is -2.36. The van der Waals surface area contributed by atoms with Crippen LogP contribution in [0.15, 0.2) is 35.2 Å². The van der Waals surface area contributed by atoms with Crippen LogP contribution in [0, 0.1) is 0 Å². The summed E-state index contributed by atoms with van der Waals surface area (Å²) in [7, 11) is 0.952. The molecule has 2 saturated heterocycles. The van der Waals surface area contributed by atoms with Crippen molar-refractivity contribution in [3.05, 3.63) is 30.3 Å². The first-order valence-electron chi connectivity index (χ1n) is 8.32. The molecule has 6 heteroatoms. The van der Waals surface area contributed by atoms with Gasteiger partial charge in [-0.3, -0.25) is 4.21 Å². The zero-order chi connectivity index (χ0) is 16.2. The van der Waals surface area contributed by atoms with Crippen LogP contribution in [0.5, 0.6) is 0 Å². The van der Waals surface area contributed by atoms with Gasteiger partial charge in [0.25, 0.3) is 0 Å².